The molecule has 0 aliphatic rings. The first kappa shape index (κ1) is 16.4. The van der Waals surface area contributed by atoms with E-state index in [0.29, 0.717) is 0 Å². The van der Waals surface area contributed by atoms with Crippen LogP contribution in [0.2, 0.25) is 0 Å². The predicted molar refractivity (Wildman–Crippen MR) is 72.0 cm³/mol. The van der Waals surface area contributed by atoms with Crippen molar-refractivity contribution in [2.24, 2.45) is 0 Å². The van der Waals surface area contributed by atoms with Crippen LogP contribution in [0.4, 0.5) is 0 Å². The number of hydrogen-bond donors (Lipinski definition) is 3. The summed E-state index contributed by atoms with van der Waals surface area (Å²) in [6, 6.07) is 6.31. The Kier molecular flexibility index (Phi) is 5.44. The molecule has 0 saturated carbocycles. The number of aliphatic carboxylic acids is 2. The number of nitrogens with zero attached hydrogens (tertiary/aromatic N) is 1. The smallest absolute Gasteiger partial charge is 0.321 e. The van der Waals surface area contributed by atoms with Crippen LogP contribution in [0.1, 0.15) is 12.8 Å². The summed E-state index contributed by atoms with van der Waals surface area (Å²) in [7, 11) is -2.84. The van der Waals surface area contributed by atoms with Crippen molar-refractivity contribution in [2.45, 2.75) is 18.9 Å². The summed E-state index contributed by atoms with van der Waals surface area (Å²) in [6.07, 6.45) is -0.644. The third-order valence-corrected chi connectivity index (χ3v) is 4.99. The van der Waals surface area contributed by atoms with Crippen LogP contribution >= 0.6 is 7.52 Å². The van der Waals surface area contributed by atoms with Crippen LogP contribution in [0.5, 0.6) is 0 Å². The van der Waals surface area contributed by atoms with Crippen LogP contribution in [-0.2, 0) is 14.2 Å². The maximum Gasteiger partial charge on any atom is 0.321 e. The van der Waals surface area contributed by atoms with Gasteiger partial charge in [-0.25, -0.2) is 4.67 Å². The Bertz CT molecular complexity index is 532. The third kappa shape index (κ3) is 3.90. The minimum absolute atomic E-state index is 0.101. The first-order valence-electron chi connectivity index (χ1n) is 5.83. The van der Waals surface area contributed by atoms with Gasteiger partial charge < -0.3 is 15.1 Å². The second kappa shape index (κ2) is 6.65. The van der Waals surface area contributed by atoms with Crippen LogP contribution in [0.3, 0.4) is 0 Å². The van der Waals surface area contributed by atoms with Gasteiger partial charge in [-0.15, -0.1) is 0 Å². The van der Waals surface area contributed by atoms with E-state index in [2.05, 4.69) is 0 Å². The summed E-state index contributed by atoms with van der Waals surface area (Å²) < 4.78 is 13.2. The summed E-state index contributed by atoms with van der Waals surface area (Å²) in [6.45, 7) is 0. The number of rotatable bonds is 7. The largest absolute Gasteiger partial charge is 0.481 e. The second-order valence-corrected chi connectivity index (χ2v) is 6.48. The van der Waals surface area contributed by atoms with Crippen molar-refractivity contribution in [3.8, 4) is 0 Å². The van der Waals surface area contributed by atoms with Crippen molar-refractivity contribution < 1.29 is 29.3 Å². The molecule has 0 radical (unpaired) electrons. The van der Waals surface area contributed by atoms with E-state index in [1.165, 1.54) is 19.2 Å². The molecule has 1 aromatic rings. The SMILES string of the molecule is CN([C@@H](CCC(=O)O)C(=O)O)P(=O)(O)c1ccccc1. The highest BCUT2D eigenvalue weighted by molar-refractivity contribution is 7.63. The fourth-order valence-electron chi connectivity index (χ4n) is 1.72. The van der Waals surface area contributed by atoms with Gasteiger partial charge in [0, 0.05) is 6.42 Å². The Morgan fingerprint density at radius 2 is 1.80 bits per heavy atom. The summed E-state index contributed by atoms with van der Waals surface area (Å²) in [5.74, 6) is -2.49. The van der Waals surface area contributed by atoms with Crippen LogP contribution in [0.25, 0.3) is 0 Å². The van der Waals surface area contributed by atoms with E-state index in [-0.39, 0.29) is 11.7 Å². The van der Waals surface area contributed by atoms with Gasteiger partial charge in [0.1, 0.15) is 6.04 Å². The molecule has 7 nitrogen and oxygen atoms in total. The molecule has 1 rings (SSSR count). The van der Waals surface area contributed by atoms with Gasteiger partial charge >= 0.3 is 11.9 Å². The van der Waals surface area contributed by atoms with Crippen molar-refractivity contribution in [3.63, 3.8) is 0 Å². The zero-order chi connectivity index (χ0) is 15.3. The van der Waals surface area contributed by atoms with Crippen molar-refractivity contribution >= 4 is 24.8 Å². The average molecular weight is 301 g/mol. The maximum atomic E-state index is 12.4. The highest BCUT2D eigenvalue weighted by Crippen LogP contribution is 2.44. The molecule has 0 aliphatic heterocycles. The molecule has 3 N–H and O–H groups in total. The minimum Gasteiger partial charge on any atom is -0.481 e. The van der Waals surface area contributed by atoms with E-state index in [9.17, 15) is 19.0 Å². The standard InChI is InChI=1S/C12H16NO6P/c1-13(10(12(16)17)7-8-11(14)15)20(18,19)9-5-3-2-4-6-9/h2-6,10H,7-8H2,1H3,(H,14,15)(H,16,17)(H,18,19)/t10-/m0/s1. The molecular formula is C12H16NO6P. The second-order valence-electron chi connectivity index (χ2n) is 4.24. The van der Waals surface area contributed by atoms with Crippen molar-refractivity contribution in [2.75, 3.05) is 7.05 Å². The fourth-order valence-corrected chi connectivity index (χ4v) is 3.24. The lowest BCUT2D eigenvalue weighted by Crippen LogP contribution is -2.38. The van der Waals surface area contributed by atoms with E-state index in [4.69, 9.17) is 10.2 Å². The number of benzene rings is 1. The lowest BCUT2D eigenvalue weighted by Gasteiger charge is -2.28. The Balaban J connectivity index is 2.99. The molecule has 0 heterocycles. The topological polar surface area (TPSA) is 115 Å². The molecule has 0 fully saturated rings. The van der Waals surface area contributed by atoms with Crippen molar-refractivity contribution in [3.05, 3.63) is 30.3 Å². The molecule has 110 valence electrons. The third-order valence-electron chi connectivity index (χ3n) is 2.89. The van der Waals surface area contributed by atoms with E-state index in [1.54, 1.807) is 18.2 Å². The van der Waals surface area contributed by atoms with E-state index < -0.39 is 31.9 Å². The van der Waals surface area contributed by atoms with E-state index in [0.717, 1.165) is 4.67 Å². The van der Waals surface area contributed by atoms with Crippen molar-refractivity contribution in [1.29, 1.82) is 0 Å². The first-order valence-corrected chi connectivity index (χ1v) is 7.44. The molecular weight excluding hydrogens is 285 g/mol. The monoisotopic (exact) mass is 301 g/mol. The molecule has 0 aromatic heterocycles. The lowest BCUT2D eigenvalue weighted by molar-refractivity contribution is -0.142. The number of hydrogen-bond acceptors (Lipinski definition) is 3. The average Bonchev–Trinajstić information content (AvgIpc) is 2.39. The zero-order valence-electron chi connectivity index (χ0n) is 10.8. The Labute approximate surface area is 116 Å². The number of carboxylic acids is 2. The Morgan fingerprint density at radius 1 is 1.25 bits per heavy atom. The van der Waals surface area contributed by atoms with Gasteiger partial charge in [0.05, 0.1) is 5.30 Å². The number of carbonyl (C=O) groups is 2. The van der Waals surface area contributed by atoms with Crippen molar-refractivity contribution in [1.82, 2.24) is 4.67 Å². The van der Waals surface area contributed by atoms with Crippen LogP contribution in [0, 0.1) is 0 Å². The van der Waals surface area contributed by atoms with E-state index in [1.807, 2.05) is 0 Å². The van der Waals surface area contributed by atoms with E-state index >= 15 is 0 Å². The van der Waals surface area contributed by atoms with Gasteiger partial charge in [0.2, 0.25) is 0 Å². The quantitative estimate of drug-likeness (QED) is 0.636. The summed E-state index contributed by atoms with van der Waals surface area (Å²) >= 11 is 0. The summed E-state index contributed by atoms with van der Waals surface area (Å²) in [5, 5.41) is 17.8. The molecule has 1 aromatic carbocycles. The normalized spacial score (nSPS) is 15.6. The molecule has 0 saturated heterocycles. The van der Waals surface area contributed by atoms with Crippen LogP contribution in [0.15, 0.2) is 30.3 Å². The minimum atomic E-state index is -4.05. The highest BCUT2D eigenvalue weighted by Gasteiger charge is 2.36. The van der Waals surface area contributed by atoms with Crippen LogP contribution < -0.4 is 5.30 Å². The fraction of sp³-hybridized carbons (Fsp3) is 0.333. The van der Waals surface area contributed by atoms with Gasteiger partial charge in [-0.2, -0.15) is 0 Å². The Morgan fingerprint density at radius 3 is 2.25 bits per heavy atom. The molecule has 0 bridgehead atoms. The summed E-state index contributed by atoms with van der Waals surface area (Å²) in [4.78, 5) is 31.8. The molecule has 0 spiro atoms. The lowest BCUT2D eigenvalue weighted by atomic mass is 10.1. The maximum absolute atomic E-state index is 12.4. The number of likely N-dealkylation sites (N-methyl/N-ethyl adjacent to an activating group) is 1. The van der Waals surface area contributed by atoms with Gasteiger partial charge in [-0.1, -0.05) is 18.2 Å². The van der Waals surface area contributed by atoms with Crippen LogP contribution in [-0.4, -0.2) is 44.8 Å². The number of carboxylic acid groups (broad SMARTS) is 2. The molecule has 1 unspecified atom stereocenters. The summed E-state index contributed by atoms with van der Waals surface area (Å²) in [5.41, 5.74) is 0. The first-order chi connectivity index (χ1) is 9.26. The molecule has 20 heavy (non-hydrogen) atoms. The van der Waals surface area contributed by atoms with Gasteiger partial charge in [-0.05, 0) is 25.6 Å². The molecule has 0 amide bonds. The van der Waals surface area contributed by atoms with Gasteiger partial charge in [-0.3, -0.25) is 14.2 Å². The molecule has 8 heteroatoms. The molecule has 2 atom stereocenters. The Hall–Kier alpha value is -1.69. The van der Waals surface area contributed by atoms with Gasteiger partial charge in [0.15, 0.2) is 0 Å². The van der Waals surface area contributed by atoms with Gasteiger partial charge in [0.25, 0.3) is 7.52 Å². The predicted octanol–water partition coefficient (Wildman–Crippen LogP) is 0.747. The molecule has 0 aliphatic carbocycles. The highest BCUT2D eigenvalue weighted by atomic mass is 31.2. The zero-order valence-corrected chi connectivity index (χ0v) is 11.7.